The highest BCUT2D eigenvalue weighted by Gasteiger charge is 2.36. The van der Waals surface area contributed by atoms with Crippen molar-refractivity contribution in [2.75, 3.05) is 6.54 Å². The van der Waals surface area contributed by atoms with Crippen LogP contribution in [0.2, 0.25) is 0 Å². The van der Waals surface area contributed by atoms with Crippen molar-refractivity contribution in [2.24, 2.45) is 5.92 Å². The maximum atomic E-state index is 12.0. The molecule has 1 aliphatic heterocycles. The Morgan fingerprint density at radius 2 is 1.93 bits per heavy atom. The summed E-state index contributed by atoms with van der Waals surface area (Å²) >= 11 is 0. The van der Waals surface area contributed by atoms with Crippen molar-refractivity contribution < 1.29 is 14.7 Å². The highest BCUT2D eigenvalue weighted by atomic mass is 16.4. The zero-order valence-electron chi connectivity index (χ0n) is 8.56. The molecule has 0 radical (unpaired) electrons. The Bertz CT molecular complexity index is 303. The van der Waals surface area contributed by atoms with Crippen LogP contribution in [0, 0.1) is 5.92 Å². The highest BCUT2D eigenvalue weighted by Crippen LogP contribution is 2.25. The minimum Gasteiger partial charge on any atom is -0.480 e. The van der Waals surface area contributed by atoms with Gasteiger partial charge in [0, 0.05) is 12.5 Å². The summed E-state index contributed by atoms with van der Waals surface area (Å²) in [7, 11) is 0. The van der Waals surface area contributed by atoms with Gasteiger partial charge in [0.1, 0.15) is 6.04 Å². The lowest BCUT2D eigenvalue weighted by Gasteiger charge is -2.24. The molecule has 0 aromatic carbocycles. The zero-order valence-corrected chi connectivity index (χ0v) is 8.56. The summed E-state index contributed by atoms with van der Waals surface area (Å²) in [6, 6.07) is -0.585. The number of aliphatic carboxylic acids is 1. The third-order valence-electron chi connectivity index (χ3n) is 3.18. The Hall–Kier alpha value is -1.32. The van der Waals surface area contributed by atoms with Gasteiger partial charge in [0.2, 0.25) is 5.91 Å². The van der Waals surface area contributed by atoms with E-state index >= 15 is 0 Å². The number of likely N-dealkylation sites (tertiary alicyclic amines) is 1. The van der Waals surface area contributed by atoms with E-state index in [4.69, 9.17) is 5.11 Å². The number of nitrogens with zero attached hydrogens (tertiary/aromatic N) is 1. The normalized spacial score (nSPS) is 26.1. The topological polar surface area (TPSA) is 57.6 Å². The van der Waals surface area contributed by atoms with Gasteiger partial charge in [-0.1, -0.05) is 12.2 Å². The number of carbonyl (C=O) groups is 2. The lowest BCUT2D eigenvalue weighted by molar-refractivity contribution is -0.149. The summed E-state index contributed by atoms with van der Waals surface area (Å²) < 4.78 is 0. The summed E-state index contributed by atoms with van der Waals surface area (Å²) in [6.07, 6.45) is 6.93. The molecular weight excluding hydrogens is 194 g/mol. The molecule has 0 aromatic heterocycles. The van der Waals surface area contributed by atoms with E-state index in [1.165, 1.54) is 0 Å². The number of hydrogen-bond donors (Lipinski definition) is 1. The first-order valence-electron chi connectivity index (χ1n) is 5.38. The molecule has 1 heterocycles. The van der Waals surface area contributed by atoms with Crippen molar-refractivity contribution in [3.05, 3.63) is 12.2 Å². The quantitative estimate of drug-likeness (QED) is 0.691. The van der Waals surface area contributed by atoms with Crippen LogP contribution in [0.15, 0.2) is 12.2 Å². The van der Waals surface area contributed by atoms with Gasteiger partial charge >= 0.3 is 5.97 Å². The van der Waals surface area contributed by atoms with Crippen LogP contribution >= 0.6 is 0 Å². The second-order valence-corrected chi connectivity index (χ2v) is 4.17. The van der Waals surface area contributed by atoms with Crippen LogP contribution in [0.3, 0.4) is 0 Å². The molecule has 15 heavy (non-hydrogen) atoms. The molecule has 1 fully saturated rings. The van der Waals surface area contributed by atoms with E-state index in [-0.39, 0.29) is 11.8 Å². The molecule has 1 N–H and O–H groups in total. The van der Waals surface area contributed by atoms with Gasteiger partial charge < -0.3 is 10.0 Å². The average Bonchev–Trinajstić information content (AvgIpc) is 2.88. The van der Waals surface area contributed by atoms with Crippen LogP contribution in [0.4, 0.5) is 0 Å². The van der Waals surface area contributed by atoms with Gasteiger partial charge in [-0.15, -0.1) is 0 Å². The molecular formula is C11H15NO3. The molecule has 0 aromatic rings. The average molecular weight is 209 g/mol. The van der Waals surface area contributed by atoms with Crippen LogP contribution in [0.25, 0.3) is 0 Å². The summed E-state index contributed by atoms with van der Waals surface area (Å²) in [4.78, 5) is 24.4. The van der Waals surface area contributed by atoms with Gasteiger partial charge in [0.25, 0.3) is 0 Å². The maximum Gasteiger partial charge on any atom is 0.326 e. The Morgan fingerprint density at radius 1 is 1.27 bits per heavy atom. The fraction of sp³-hybridized carbons (Fsp3) is 0.636. The summed E-state index contributed by atoms with van der Waals surface area (Å²) in [6.45, 7) is 0.603. The minimum atomic E-state index is -0.869. The summed E-state index contributed by atoms with van der Waals surface area (Å²) in [5.74, 6) is -0.860. The van der Waals surface area contributed by atoms with Crippen molar-refractivity contribution in [2.45, 2.75) is 31.7 Å². The molecule has 82 valence electrons. The molecule has 1 saturated heterocycles. The van der Waals surface area contributed by atoms with Crippen molar-refractivity contribution in [1.82, 2.24) is 4.90 Å². The Labute approximate surface area is 88.6 Å². The van der Waals surface area contributed by atoms with Crippen LogP contribution < -0.4 is 0 Å². The predicted molar refractivity (Wildman–Crippen MR) is 54.2 cm³/mol. The number of hydrogen-bond acceptors (Lipinski definition) is 2. The number of allylic oxidation sites excluding steroid dienone is 2. The third-order valence-corrected chi connectivity index (χ3v) is 3.18. The summed E-state index contributed by atoms with van der Waals surface area (Å²) in [5.41, 5.74) is 0. The first-order chi connectivity index (χ1) is 7.20. The van der Waals surface area contributed by atoms with E-state index in [0.29, 0.717) is 13.0 Å². The molecule has 2 rings (SSSR count). The van der Waals surface area contributed by atoms with Crippen molar-refractivity contribution in [3.8, 4) is 0 Å². The van der Waals surface area contributed by atoms with Crippen molar-refractivity contribution in [3.63, 3.8) is 0 Å². The molecule has 0 bridgehead atoms. The Morgan fingerprint density at radius 3 is 2.53 bits per heavy atom. The first-order valence-corrected chi connectivity index (χ1v) is 5.38. The van der Waals surface area contributed by atoms with Gasteiger partial charge in [0.05, 0.1) is 0 Å². The number of carbonyl (C=O) groups excluding carboxylic acids is 1. The van der Waals surface area contributed by atoms with Crippen molar-refractivity contribution >= 4 is 11.9 Å². The lowest BCUT2D eigenvalue weighted by atomic mass is 10.1. The van der Waals surface area contributed by atoms with Gasteiger partial charge in [-0.05, 0) is 25.7 Å². The van der Waals surface area contributed by atoms with Gasteiger partial charge in [-0.25, -0.2) is 4.79 Å². The molecule has 4 nitrogen and oxygen atoms in total. The number of carboxylic acids is 1. The van der Waals surface area contributed by atoms with E-state index in [9.17, 15) is 9.59 Å². The molecule has 0 saturated carbocycles. The predicted octanol–water partition coefficient (Wildman–Crippen LogP) is 1.03. The third kappa shape index (κ3) is 1.89. The van der Waals surface area contributed by atoms with Crippen LogP contribution in [-0.2, 0) is 9.59 Å². The van der Waals surface area contributed by atoms with Crippen LogP contribution in [0.1, 0.15) is 25.7 Å². The maximum absolute atomic E-state index is 12.0. The van der Waals surface area contributed by atoms with E-state index in [0.717, 1.165) is 19.3 Å². The fourth-order valence-corrected chi connectivity index (χ4v) is 2.34. The number of rotatable bonds is 2. The highest BCUT2D eigenvalue weighted by molar-refractivity contribution is 5.86. The Kier molecular flexibility index (Phi) is 2.75. The second kappa shape index (κ2) is 4.04. The molecule has 0 spiro atoms. The van der Waals surface area contributed by atoms with E-state index < -0.39 is 12.0 Å². The molecule has 2 aliphatic rings. The Balaban J connectivity index is 2.02. The van der Waals surface area contributed by atoms with Gasteiger partial charge in [-0.2, -0.15) is 0 Å². The largest absolute Gasteiger partial charge is 0.480 e. The molecule has 1 amide bonds. The SMILES string of the molecule is O=C(O)[C@@H]1CCCN1C(=O)C1CC=CC1. The number of carboxylic acid groups (broad SMARTS) is 1. The monoisotopic (exact) mass is 209 g/mol. The molecule has 4 heteroatoms. The zero-order chi connectivity index (χ0) is 10.8. The van der Waals surface area contributed by atoms with Crippen molar-refractivity contribution in [1.29, 1.82) is 0 Å². The molecule has 0 unspecified atom stereocenters. The second-order valence-electron chi connectivity index (χ2n) is 4.17. The minimum absolute atomic E-state index is 0.00931. The van der Waals surface area contributed by atoms with E-state index in [1.54, 1.807) is 4.90 Å². The lowest BCUT2D eigenvalue weighted by Crippen LogP contribution is -2.43. The van der Waals surface area contributed by atoms with Gasteiger partial charge in [0.15, 0.2) is 0 Å². The summed E-state index contributed by atoms with van der Waals surface area (Å²) in [5, 5.41) is 8.97. The van der Waals surface area contributed by atoms with Gasteiger partial charge in [-0.3, -0.25) is 4.79 Å². The smallest absolute Gasteiger partial charge is 0.326 e. The fourth-order valence-electron chi connectivity index (χ4n) is 2.34. The molecule has 1 aliphatic carbocycles. The van der Waals surface area contributed by atoms with Crippen LogP contribution in [0.5, 0.6) is 0 Å². The van der Waals surface area contributed by atoms with Crippen LogP contribution in [-0.4, -0.2) is 34.5 Å². The number of amides is 1. The standard InChI is InChI=1S/C11H15NO3/c13-10(8-4-1-2-5-8)12-7-3-6-9(12)11(14)15/h1-2,8-9H,3-7H2,(H,14,15)/t9-/m0/s1. The molecule has 1 atom stereocenters. The van der Waals surface area contributed by atoms with E-state index in [1.807, 2.05) is 12.2 Å². The van der Waals surface area contributed by atoms with E-state index in [2.05, 4.69) is 0 Å². The first kappa shape index (κ1) is 10.2.